The molecule has 0 bridgehead atoms. The van der Waals surface area contributed by atoms with E-state index in [-0.39, 0.29) is 11.3 Å². The van der Waals surface area contributed by atoms with Gasteiger partial charge in [-0.15, -0.1) is 13.2 Å². The van der Waals surface area contributed by atoms with Crippen LogP contribution in [0.5, 0.6) is 5.75 Å². The average molecular weight is 404 g/mol. The van der Waals surface area contributed by atoms with Crippen LogP contribution in [0.3, 0.4) is 0 Å². The number of amides is 1. The lowest BCUT2D eigenvalue weighted by Gasteiger charge is -2.24. The van der Waals surface area contributed by atoms with E-state index in [0.717, 1.165) is 18.2 Å². The van der Waals surface area contributed by atoms with E-state index in [1.807, 2.05) is 0 Å². The van der Waals surface area contributed by atoms with Gasteiger partial charge in [-0.2, -0.15) is 0 Å². The van der Waals surface area contributed by atoms with Gasteiger partial charge in [-0.3, -0.25) is 4.98 Å². The molecule has 0 saturated heterocycles. The Morgan fingerprint density at radius 2 is 1.79 bits per heavy atom. The zero-order valence-electron chi connectivity index (χ0n) is 15.1. The molecule has 0 aliphatic rings. The van der Waals surface area contributed by atoms with Crippen molar-refractivity contribution in [1.29, 1.82) is 0 Å². The third kappa shape index (κ3) is 6.07. The topological polar surface area (TPSA) is 60.5 Å². The van der Waals surface area contributed by atoms with E-state index in [9.17, 15) is 26.7 Å². The van der Waals surface area contributed by atoms with Gasteiger partial charge in [0.05, 0.1) is 0 Å². The molecule has 1 atom stereocenters. The number of alkyl carbamates (subject to hydrolysis) is 1. The summed E-state index contributed by atoms with van der Waals surface area (Å²) in [6, 6.07) is 3.54. The summed E-state index contributed by atoms with van der Waals surface area (Å²) in [4.78, 5) is 16.0. The van der Waals surface area contributed by atoms with Crippen molar-refractivity contribution in [3.8, 4) is 5.75 Å². The number of aromatic nitrogens is 1. The third-order valence-corrected chi connectivity index (χ3v) is 3.24. The molecule has 2 aromatic rings. The highest BCUT2D eigenvalue weighted by Crippen LogP contribution is 2.30. The summed E-state index contributed by atoms with van der Waals surface area (Å²) in [5.74, 6) is -3.21. The number of rotatable bonds is 4. The molecule has 2 rings (SSSR count). The molecule has 0 radical (unpaired) electrons. The normalized spacial score (nSPS) is 13.0. The summed E-state index contributed by atoms with van der Waals surface area (Å²) >= 11 is 0. The Morgan fingerprint density at radius 1 is 1.11 bits per heavy atom. The lowest BCUT2D eigenvalue weighted by atomic mass is 10.0. The molecule has 1 N–H and O–H groups in total. The van der Waals surface area contributed by atoms with E-state index in [4.69, 9.17) is 4.74 Å². The van der Waals surface area contributed by atoms with Gasteiger partial charge < -0.3 is 14.8 Å². The predicted molar refractivity (Wildman–Crippen MR) is 88.5 cm³/mol. The van der Waals surface area contributed by atoms with Gasteiger partial charge in [0.2, 0.25) is 0 Å². The van der Waals surface area contributed by atoms with Gasteiger partial charge in [-0.05, 0) is 50.6 Å². The minimum atomic E-state index is -5.08. The van der Waals surface area contributed by atoms with Crippen LogP contribution >= 0.6 is 0 Å². The number of carbonyl (C=O) groups is 1. The monoisotopic (exact) mass is 404 g/mol. The van der Waals surface area contributed by atoms with Gasteiger partial charge in [0.15, 0.2) is 11.6 Å². The molecule has 152 valence electrons. The molecule has 1 aromatic heterocycles. The van der Waals surface area contributed by atoms with Gasteiger partial charge in [0.1, 0.15) is 23.2 Å². The minimum absolute atomic E-state index is 0.0597. The molecule has 1 heterocycles. The average Bonchev–Trinajstić information content (AvgIpc) is 2.52. The molecule has 0 spiro atoms. The number of hydrogen-bond acceptors (Lipinski definition) is 4. The summed E-state index contributed by atoms with van der Waals surface area (Å²) in [7, 11) is 0. The number of halogens is 5. The Kier molecular flexibility index (Phi) is 6.10. The van der Waals surface area contributed by atoms with E-state index in [2.05, 4.69) is 15.0 Å². The van der Waals surface area contributed by atoms with Crippen molar-refractivity contribution >= 4 is 6.09 Å². The molecule has 1 unspecified atom stereocenters. The van der Waals surface area contributed by atoms with E-state index in [1.165, 1.54) is 12.3 Å². The standard InChI is InChI=1S/C18H17F5N2O3/c1-17(2,3)28-16(26)25-14(15-11(19)5-4-8-24-15)10-6-7-13(12(20)9-10)27-18(21,22)23/h4-9,14H,1-3H3,(H,25,26). The smallest absolute Gasteiger partial charge is 0.444 e. The first-order chi connectivity index (χ1) is 12.9. The van der Waals surface area contributed by atoms with Crippen molar-refractivity contribution in [3.05, 3.63) is 59.4 Å². The maximum absolute atomic E-state index is 14.2. The molecule has 0 fully saturated rings. The van der Waals surface area contributed by atoms with Crippen LogP contribution in [0.2, 0.25) is 0 Å². The van der Waals surface area contributed by atoms with Gasteiger partial charge >= 0.3 is 12.5 Å². The van der Waals surface area contributed by atoms with Gasteiger partial charge in [-0.1, -0.05) is 6.07 Å². The summed E-state index contributed by atoms with van der Waals surface area (Å²) < 4.78 is 73.9. The molecule has 0 saturated carbocycles. The molecule has 0 aliphatic carbocycles. The van der Waals surface area contributed by atoms with Crippen molar-refractivity contribution in [2.75, 3.05) is 0 Å². The molecule has 0 aliphatic heterocycles. The zero-order chi connectivity index (χ0) is 21.1. The van der Waals surface area contributed by atoms with Crippen molar-refractivity contribution in [3.63, 3.8) is 0 Å². The fourth-order valence-electron chi connectivity index (χ4n) is 2.25. The van der Waals surface area contributed by atoms with Crippen molar-refractivity contribution < 1.29 is 36.2 Å². The van der Waals surface area contributed by atoms with Gasteiger partial charge in [0.25, 0.3) is 0 Å². The summed E-state index contributed by atoms with van der Waals surface area (Å²) in [6.45, 7) is 4.81. The second kappa shape index (κ2) is 7.99. The lowest BCUT2D eigenvalue weighted by Crippen LogP contribution is -2.36. The Morgan fingerprint density at radius 3 is 2.32 bits per heavy atom. The van der Waals surface area contributed by atoms with Crippen molar-refractivity contribution in [2.24, 2.45) is 0 Å². The van der Waals surface area contributed by atoms with Crippen LogP contribution in [-0.4, -0.2) is 23.0 Å². The number of alkyl halides is 3. The number of pyridine rings is 1. The Labute approximate surface area is 157 Å². The highest BCUT2D eigenvalue weighted by molar-refractivity contribution is 5.69. The number of benzene rings is 1. The fraction of sp³-hybridized carbons (Fsp3) is 0.333. The highest BCUT2D eigenvalue weighted by atomic mass is 19.4. The van der Waals surface area contributed by atoms with Crippen molar-refractivity contribution in [1.82, 2.24) is 10.3 Å². The molecule has 28 heavy (non-hydrogen) atoms. The molecule has 5 nitrogen and oxygen atoms in total. The first-order valence-corrected chi connectivity index (χ1v) is 8.01. The van der Waals surface area contributed by atoms with Crippen LogP contribution < -0.4 is 10.1 Å². The van der Waals surface area contributed by atoms with E-state index >= 15 is 0 Å². The lowest BCUT2D eigenvalue weighted by molar-refractivity contribution is -0.275. The highest BCUT2D eigenvalue weighted by Gasteiger charge is 2.33. The molecule has 1 amide bonds. The summed E-state index contributed by atoms with van der Waals surface area (Å²) in [6.07, 6.45) is -4.78. The number of ether oxygens (including phenoxy) is 2. The fourth-order valence-corrected chi connectivity index (χ4v) is 2.25. The van der Waals surface area contributed by atoms with E-state index < -0.39 is 41.5 Å². The second-order valence-corrected chi connectivity index (χ2v) is 6.69. The van der Waals surface area contributed by atoms with E-state index in [0.29, 0.717) is 6.07 Å². The van der Waals surface area contributed by atoms with Crippen LogP contribution in [0.25, 0.3) is 0 Å². The quantitative estimate of drug-likeness (QED) is 0.739. The SMILES string of the molecule is CC(C)(C)OC(=O)NC(c1ccc(OC(F)(F)F)c(F)c1)c1ncccc1F. The largest absolute Gasteiger partial charge is 0.573 e. The second-order valence-electron chi connectivity index (χ2n) is 6.69. The number of nitrogens with zero attached hydrogens (tertiary/aromatic N) is 1. The van der Waals surface area contributed by atoms with Crippen LogP contribution in [0.15, 0.2) is 36.5 Å². The number of nitrogens with one attached hydrogen (secondary N) is 1. The van der Waals surface area contributed by atoms with Gasteiger partial charge in [-0.25, -0.2) is 13.6 Å². The Hall–Kier alpha value is -2.91. The molecule has 10 heteroatoms. The van der Waals surface area contributed by atoms with Crippen LogP contribution in [0.4, 0.5) is 26.7 Å². The van der Waals surface area contributed by atoms with Crippen LogP contribution in [0, 0.1) is 11.6 Å². The first kappa shape index (κ1) is 21.4. The number of hydrogen-bond donors (Lipinski definition) is 1. The molecular formula is C18H17F5N2O3. The predicted octanol–water partition coefficient (Wildman–Crippen LogP) is 4.87. The summed E-state index contributed by atoms with van der Waals surface area (Å²) in [5.41, 5.74) is -1.19. The maximum Gasteiger partial charge on any atom is 0.573 e. The summed E-state index contributed by atoms with van der Waals surface area (Å²) in [5, 5.41) is 2.35. The first-order valence-electron chi connectivity index (χ1n) is 8.01. The van der Waals surface area contributed by atoms with Crippen molar-refractivity contribution in [2.45, 2.75) is 38.8 Å². The van der Waals surface area contributed by atoms with E-state index in [1.54, 1.807) is 20.8 Å². The van der Waals surface area contributed by atoms with Gasteiger partial charge in [0, 0.05) is 6.20 Å². The zero-order valence-corrected chi connectivity index (χ0v) is 15.1. The molecule has 1 aromatic carbocycles. The minimum Gasteiger partial charge on any atom is -0.444 e. The number of carbonyl (C=O) groups excluding carboxylic acids is 1. The van der Waals surface area contributed by atoms with Crippen LogP contribution in [-0.2, 0) is 4.74 Å². The van der Waals surface area contributed by atoms with Crippen LogP contribution in [0.1, 0.15) is 38.1 Å². The third-order valence-electron chi connectivity index (χ3n) is 3.24. The molecular weight excluding hydrogens is 387 g/mol. The Bertz CT molecular complexity index is 850. The Balaban J connectivity index is 2.40. The maximum atomic E-state index is 14.2.